The van der Waals surface area contributed by atoms with E-state index in [0.29, 0.717) is 11.8 Å². The molecule has 0 radical (unpaired) electrons. The van der Waals surface area contributed by atoms with Crippen molar-refractivity contribution in [3.63, 3.8) is 0 Å². The molecule has 51 heavy (non-hydrogen) atoms. The molecule has 2 unspecified atom stereocenters. The van der Waals surface area contributed by atoms with Gasteiger partial charge < -0.3 is 20.4 Å². The van der Waals surface area contributed by atoms with E-state index >= 15 is 0 Å². The Bertz CT molecular complexity index is 1810. The number of fused-ring (bicyclic) bond motifs is 2. The molecule has 1 fully saturated rings. The lowest BCUT2D eigenvalue weighted by Crippen LogP contribution is -2.45. The Morgan fingerprint density at radius 2 is 1.12 bits per heavy atom. The largest absolute Gasteiger partial charge is 0.381 e. The van der Waals surface area contributed by atoms with Gasteiger partial charge in [0, 0.05) is 72.6 Å². The molecule has 8 heteroatoms. The van der Waals surface area contributed by atoms with E-state index < -0.39 is 0 Å². The summed E-state index contributed by atoms with van der Waals surface area (Å²) in [5.74, 6) is 1.25. The normalized spacial score (nSPS) is 18.7. The zero-order chi connectivity index (χ0) is 36.6. The van der Waals surface area contributed by atoms with E-state index in [0.717, 1.165) is 74.2 Å². The molecule has 3 heterocycles. The number of nitrogens with one attached hydrogen (secondary N) is 2. The first-order valence-corrected chi connectivity index (χ1v) is 18.9. The molecule has 3 aliphatic rings. The molecule has 2 N–H and O–H groups in total. The fourth-order valence-electron chi connectivity index (χ4n) is 6.21. The predicted molar refractivity (Wildman–Crippen MR) is 219 cm³/mol. The third-order valence-corrected chi connectivity index (χ3v) is 8.94. The molecular formula is C43H64N8. The zero-order valence-electron chi connectivity index (χ0n) is 32.3. The Kier molecular flexibility index (Phi) is 15.6. The first-order chi connectivity index (χ1) is 24.8. The number of piperazine rings is 1. The van der Waals surface area contributed by atoms with Crippen molar-refractivity contribution in [2.24, 2.45) is 11.8 Å². The maximum Gasteiger partial charge on any atom is 0.0890 e. The van der Waals surface area contributed by atoms with Crippen LogP contribution in [0.25, 0.3) is 22.1 Å². The van der Waals surface area contributed by atoms with Crippen molar-refractivity contribution in [3.05, 3.63) is 119 Å². The van der Waals surface area contributed by atoms with Gasteiger partial charge in [-0.1, -0.05) is 84.4 Å². The lowest BCUT2D eigenvalue weighted by molar-refractivity contribution is 0.186. The van der Waals surface area contributed by atoms with Gasteiger partial charge in [0.1, 0.15) is 0 Å². The number of benzene rings is 2. The van der Waals surface area contributed by atoms with E-state index in [4.69, 9.17) is 0 Å². The van der Waals surface area contributed by atoms with Gasteiger partial charge in [-0.2, -0.15) is 0 Å². The summed E-state index contributed by atoms with van der Waals surface area (Å²) in [6.45, 7) is 21.0. The van der Waals surface area contributed by atoms with Crippen LogP contribution in [0.4, 0.5) is 0 Å². The third-order valence-electron chi connectivity index (χ3n) is 8.94. The highest BCUT2D eigenvalue weighted by molar-refractivity contribution is 5.75. The highest BCUT2D eigenvalue weighted by atomic mass is 15.3. The van der Waals surface area contributed by atoms with E-state index in [1.54, 1.807) is 24.8 Å². The van der Waals surface area contributed by atoms with Crippen LogP contribution in [0.3, 0.4) is 0 Å². The first kappa shape index (κ1) is 39.2. The lowest BCUT2D eigenvalue weighted by Gasteiger charge is -2.38. The second-order valence-electron chi connectivity index (χ2n) is 13.5. The minimum atomic E-state index is 0. The van der Waals surface area contributed by atoms with E-state index in [2.05, 4.69) is 131 Å². The van der Waals surface area contributed by atoms with Gasteiger partial charge in [-0.3, -0.25) is 19.9 Å². The number of rotatable bonds is 7. The van der Waals surface area contributed by atoms with Crippen LogP contribution in [0.5, 0.6) is 0 Å². The van der Waals surface area contributed by atoms with Crippen LogP contribution in [-0.2, 0) is 13.1 Å². The molecule has 0 amide bonds. The highest BCUT2D eigenvalue weighted by Crippen LogP contribution is 2.26. The van der Waals surface area contributed by atoms with Gasteiger partial charge >= 0.3 is 0 Å². The van der Waals surface area contributed by atoms with Crippen molar-refractivity contribution in [1.82, 2.24) is 40.4 Å². The molecular weight excluding hydrogens is 629 g/mol. The Balaban J connectivity index is 0.000000324. The molecule has 1 aliphatic heterocycles. The summed E-state index contributed by atoms with van der Waals surface area (Å²) in [4.78, 5) is 22.3. The number of hydrogen-bond acceptors (Lipinski definition) is 8. The monoisotopic (exact) mass is 693 g/mol. The SMILES string of the molecule is CC.CC1=CC(C)CC=C1NCc1ccc2nccnc2c1.CC1C=C(N2CCN(C)CC2)C(NCc2ccc3nccnc3c2)=CC1.CCC.[HH].[HH]. The Labute approximate surface area is 309 Å². The molecule has 4 aromatic rings. The zero-order valence-corrected chi connectivity index (χ0v) is 32.3. The minimum absolute atomic E-state index is 0. The van der Waals surface area contributed by atoms with E-state index in [-0.39, 0.29) is 2.85 Å². The number of nitrogens with zero attached hydrogens (tertiary/aromatic N) is 6. The Morgan fingerprint density at radius 3 is 1.63 bits per heavy atom. The summed E-state index contributed by atoms with van der Waals surface area (Å²) in [7, 11) is 2.20. The van der Waals surface area contributed by atoms with Crippen LogP contribution in [0.2, 0.25) is 0 Å². The second kappa shape index (κ2) is 20.3. The van der Waals surface area contributed by atoms with Gasteiger partial charge in [0.2, 0.25) is 0 Å². The third kappa shape index (κ3) is 11.7. The molecule has 2 aliphatic carbocycles. The second-order valence-corrected chi connectivity index (χ2v) is 13.5. The van der Waals surface area contributed by atoms with Crippen LogP contribution in [0.15, 0.2) is 108 Å². The predicted octanol–water partition coefficient (Wildman–Crippen LogP) is 9.30. The summed E-state index contributed by atoms with van der Waals surface area (Å²) < 4.78 is 0. The van der Waals surface area contributed by atoms with Crippen LogP contribution in [-0.4, -0.2) is 63.0 Å². The molecule has 8 nitrogen and oxygen atoms in total. The summed E-state index contributed by atoms with van der Waals surface area (Å²) in [6, 6.07) is 12.5. The topological polar surface area (TPSA) is 82.1 Å². The van der Waals surface area contributed by atoms with Crippen LogP contribution < -0.4 is 10.6 Å². The maximum atomic E-state index is 4.41. The summed E-state index contributed by atoms with van der Waals surface area (Å²) in [5.41, 5.74) is 11.5. The standard InChI is InChI=1S/C21H27N5.C17H19N3.C3H8.C2H6.2H2/c1-16-3-5-19(21(13-16)26-11-9-25(2)10-12-26)24-15-17-4-6-18-20(14-17)23-8-7-22-18;1-12-3-5-15(13(2)9-12)20-11-14-4-6-16-17(10-14)19-8-7-18-16;1-3-2;1-2;;/h4-8,13-14,16,24H,3,9-12,15H2,1-2H3;4-10,12,20H,3,11H2,1-2H3;3H2,1-2H3;1-2H3;2*1H. The number of hydrogen-bond donors (Lipinski definition) is 2. The molecule has 0 bridgehead atoms. The first-order valence-electron chi connectivity index (χ1n) is 18.9. The summed E-state index contributed by atoms with van der Waals surface area (Å²) >= 11 is 0. The van der Waals surface area contributed by atoms with Gasteiger partial charge in [-0.05, 0) is 79.6 Å². The fourth-order valence-corrected chi connectivity index (χ4v) is 6.21. The van der Waals surface area contributed by atoms with Crippen molar-refractivity contribution >= 4 is 22.1 Å². The number of likely N-dealkylation sites (N-methyl/N-ethyl adjacent to an activating group) is 1. The Morgan fingerprint density at radius 1 is 0.667 bits per heavy atom. The molecule has 2 atom stereocenters. The van der Waals surface area contributed by atoms with Gasteiger partial charge in [0.05, 0.1) is 33.5 Å². The van der Waals surface area contributed by atoms with Crippen molar-refractivity contribution in [3.8, 4) is 0 Å². The molecule has 1 saturated heterocycles. The molecule has 2 aromatic heterocycles. The summed E-state index contributed by atoms with van der Waals surface area (Å²) in [6.07, 6.45) is 19.8. The van der Waals surface area contributed by atoms with E-state index in [9.17, 15) is 0 Å². The van der Waals surface area contributed by atoms with Gasteiger partial charge in [-0.25, -0.2) is 0 Å². The van der Waals surface area contributed by atoms with Crippen molar-refractivity contribution in [2.75, 3.05) is 33.2 Å². The van der Waals surface area contributed by atoms with Crippen LogP contribution >= 0.6 is 0 Å². The molecule has 2 aromatic carbocycles. The lowest BCUT2D eigenvalue weighted by atomic mass is 9.96. The quantitative estimate of drug-likeness (QED) is 0.198. The van der Waals surface area contributed by atoms with Crippen LogP contribution in [0.1, 0.15) is 81.7 Å². The van der Waals surface area contributed by atoms with Crippen LogP contribution in [0, 0.1) is 11.8 Å². The smallest absolute Gasteiger partial charge is 0.0890 e. The number of aromatic nitrogens is 4. The average molecular weight is 693 g/mol. The van der Waals surface area contributed by atoms with Gasteiger partial charge in [-0.15, -0.1) is 0 Å². The molecule has 0 saturated carbocycles. The van der Waals surface area contributed by atoms with Crippen molar-refractivity contribution in [1.29, 1.82) is 0 Å². The van der Waals surface area contributed by atoms with Crippen molar-refractivity contribution in [2.45, 2.75) is 80.8 Å². The number of allylic oxidation sites excluding steroid dienone is 5. The van der Waals surface area contributed by atoms with Gasteiger partial charge in [0.15, 0.2) is 0 Å². The maximum absolute atomic E-state index is 4.41. The average Bonchev–Trinajstić information content (AvgIpc) is 3.15. The Hall–Kier alpha value is -4.56. The molecule has 7 rings (SSSR count). The van der Waals surface area contributed by atoms with Crippen molar-refractivity contribution < 1.29 is 2.85 Å². The minimum Gasteiger partial charge on any atom is -0.381 e. The summed E-state index contributed by atoms with van der Waals surface area (Å²) in [5, 5.41) is 7.19. The molecule has 0 spiro atoms. The molecule has 276 valence electrons. The van der Waals surface area contributed by atoms with E-state index in [1.165, 1.54) is 40.2 Å². The van der Waals surface area contributed by atoms with E-state index in [1.807, 2.05) is 26.0 Å². The highest BCUT2D eigenvalue weighted by Gasteiger charge is 2.22. The van der Waals surface area contributed by atoms with Gasteiger partial charge in [0.25, 0.3) is 0 Å². The fraction of sp³-hybridized carbons (Fsp3) is 0.442.